The minimum Gasteiger partial charge on any atom is -0.198 e. The number of nitriles is 1. The van der Waals surface area contributed by atoms with Crippen molar-refractivity contribution in [3.05, 3.63) is 49.1 Å². The number of unbranched alkanes of at least 4 members (excludes halogenated alkanes) is 1. The van der Waals surface area contributed by atoms with Crippen LogP contribution >= 0.6 is 0 Å². The van der Waals surface area contributed by atoms with Gasteiger partial charge in [-0.3, -0.25) is 0 Å². The minimum atomic E-state index is 0.161. The molecule has 0 aromatic heterocycles. The van der Waals surface area contributed by atoms with Gasteiger partial charge in [0.05, 0.1) is 12.0 Å². The molecule has 1 nitrogen and oxygen atoms in total. The summed E-state index contributed by atoms with van der Waals surface area (Å²) in [5.41, 5.74) is 0. The van der Waals surface area contributed by atoms with Crippen LogP contribution in [0.2, 0.25) is 0 Å². The quantitative estimate of drug-likeness (QED) is 0.272. The number of allylic oxidation sites excluding steroid dienone is 7. The molecule has 1 heteroatoms. The standard InChI is InChI=1S/C21H33N/c1-4-6-7-14-17-21(19-22)18-15-12-10-8-9-11-13-16-20(3)5-2/h5-7,9,11-12,15,20-21H,2,4,8,10,13-14,16-18H2,1,3H3/b7-6+,11-9+,15-12+. The van der Waals surface area contributed by atoms with Crippen molar-refractivity contribution in [1.29, 1.82) is 5.26 Å². The van der Waals surface area contributed by atoms with E-state index in [0.29, 0.717) is 5.92 Å². The third kappa shape index (κ3) is 13.4. The van der Waals surface area contributed by atoms with Gasteiger partial charge in [-0.2, -0.15) is 5.26 Å². The Kier molecular flexibility index (Phi) is 14.7. The van der Waals surface area contributed by atoms with Gasteiger partial charge in [-0.25, -0.2) is 0 Å². The Morgan fingerprint density at radius 3 is 2.14 bits per heavy atom. The summed E-state index contributed by atoms with van der Waals surface area (Å²) in [4.78, 5) is 0. The van der Waals surface area contributed by atoms with E-state index in [9.17, 15) is 0 Å². The number of nitrogens with zero attached hydrogens (tertiary/aromatic N) is 1. The van der Waals surface area contributed by atoms with E-state index in [2.05, 4.69) is 63.0 Å². The van der Waals surface area contributed by atoms with Crippen LogP contribution in [0.25, 0.3) is 0 Å². The molecule has 0 spiro atoms. The molecule has 0 amide bonds. The molecule has 22 heavy (non-hydrogen) atoms. The molecular weight excluding hydrogens is 266 g/mol. The van der Waals surface area contributed by atoms with Crippen molar-refractivity contribution in [3.8, 4) is 6.07 Å². The van der Waals surface area contributed by atoms with Gasteiger partial charge >= 0.3 is 0 Å². The van der Waals surface area contributed by atoms with E-state index in [1.54, 1.807) is 0 Å². The number of rotatable bonds is 13. The highest BCUT2D eigenvalue weighted by molar-refractivity contribution is 4.95. The third-order valence-corrected chi connectivity index (χ3v) is 3.71. The normalized spacial score (nSPS) is 14.6. The lowest BCUT2D eigenvalue weighted by molar-refractivity contribution is 0.618. The Morgan fingerprint density at radius 1 is 0.909 bits per heavy atom. The molecule has 0 aromatic carbocycles. The predicted octanol–water partition coefficient (Wildman–Crippen LogP) is 6.76. The molecule has 0 radical (unpaired) electrons. The van der Waals surface area contributed by atoms with Crippen molar-refractivity contribution in [2.75, 3.05) is 0 Å². The summed E-state index contributed by atoms with van der Waals surface area (Å²) in [5, 5.41) is 9.12. The second-order valence-corrected chi connectivity index (χ2v) is 5.83. The van der Waals surface area contributed by atoms with Crippen LogP contribution in [-0.2, 0) is 0 Å². The molecule has 0 aromatic rings. The molecule has 122 valence electrons. The zero-order chi connectivity index (χ0) is 16.5. The van der Waals surface area contributed by atoms with Gasteiger partial charge in [0, 0.05) is 0 Å². The fraction of sp³-hybridized carbons (Fsp3) is 0.571. The molecule has 0 N–H and O–H groups in total. The van der Waals surface area contributed by atoms with Crippen LogP contribution in [0.5, 0.6) is 0 Å². The molecule has 0 saturated carbocycles. The summed E-state index contributed by atoms with van der Waals surface area (Å²) in [6.45, 7) is 8.13. The van der Waals surface area contributed by atoms with Crippen molar-refractivity contribution >= 4 is 0 Å². The Morgan fingerprint density at radius 2 is 1.50 bits per heavy atom. The van der Waals surface area contributed by atoms with Crippen LogP contribution in [0.15, 0.2) is 49.1 Å². The maximum atomic E-state index is 9.12. The highest BCUT2D eigenvalue weighted by Gasteiger charge is 2.02. The summed E-state index contributed by atoms with van der Waals surface area (Å²) in [5.74, 6) is 0.772. The summed E-state index contributed by atoms with van der Waals surface area (Å²) in [6.07, 6.45) is 23.7. The monoisotopic (exact) mass is 299 g/mol. The van der Waals surface area contributed by atoms with E-state index in [1.165, 1.54) is 6.42 Å². The van der Waals surface area contributed by atoms with E-state index >= 15 is 0 Å². The van der Waals surface area contributed by atoms with Crippen molar-refractivity contribution in [2.45, 2.75) is 65.2 Å². The Bertz CT molecular complexity index is 381. The van der Waals surface area contributed by atoms with Crippen molar-refractivity contribution in [2.24, 2.45) is 11.8 Å². The molecule has 0 aliphatic rings. The summed E-state index contributed by atoms with van der Waals surface area (Å²) < 4.78 is 0. The van der Waals surface area contributed by atoms with E-state index < -0.39 is 0 Å². The summed E-state index contributed by atoms with van der Waals surface area (Å²) in [7, 11) is 0. The first-order valence-corrected chi connectivity index (χ1v) is 8.71. The zero-order valence-corrected chi connectivity index (χ0v) is 14.5. The van der Waals surface area contributed by atoms with Crippen LogP contribution in [-0.4, -0.2) is 0 Å². The van der Waals surface area contributed by atoms with Crippen LogP contribution < -0.4 is 0 Å². The maximum Gasteiger partial charge on any atom is 0.0659 e. The lowest BCUT2D eigenvalue weighted by atomic mass is 10.0. The van der Waals surface area contributed by atoms with Crippen LogP contribution in [0, 0.1) is 23.2 Å². The molecule has 0 aliphatic carbocycles. The maximum absolute atomic E-state index is 9.12. The molecular formula is C21H33N. The summed E-state index contributed by atoms with van der Waals surface area (Å²) in [6, 6.07) is 2.41. The lowest BCUT2D eigenvalue weighted by Crippen LogP contribution is -1.94. The van der Waals surface area contributed by atoms with Gasteiger partial charge in [-0.15, -0.1) is 6.58 Å². The Balaban J connectivity index is 3.67. The fourth-order valence-electron chi connectivity index (χ4n) is 2.10. The highest BCUT2D eigenvalue weighted by atomic mass is 14.3. The molecule has 0 aliphatic heterocycles. The second-order valence-electron chi connectivity index (χ2n) is 5.83. The molecule has 0 saturated heterocycles. The topological polar surface area (TPSA) is 23.8 Å². The van der Waals surface area contributed by atoms with Crippen LogP contribution in [0.1, 0.15) is 65.2 Å². The molecule has 2 atom stereocenters. The lowest BCUT2D eigenvalue weighted by Gasteiger charge is -2.03. The Hall–Kier alpha value is -1.55. The van der Waals surface area contributed by atoms with Gasteiger partial charge < -0.3 is 0 Å². The van der Waals surface area contributed by atoms with Gasteiger partial charge in [-0.1, -0.05) is 56.4 Å². The molecule has 0 fully saturated rings. The minimum absolute atomic E-state index is 0.161. The van der Waals surface area contributed by atoms with Gasteiger partial charge in [0.25, 0.3) is 0 Å². The zero-order valence-electron chi connectivity index (χ0n) is 14.5. The molecule has 2 unspecified atom stereocenters. The first kappa shape index (κ1) is 20.5. The van der Waals surface area contributed by atoms with E-state index in [-0.39, 0.29) is 5.92 Å². The SMILES string of the molecule is C=CC(C)CC/C=C/CC/C=C/CC(C#N)CC/C=C/CC. The van der Waals surface area contributed by atoms with E-state index in [4.69, 9.17) is 5.26 Å². The van der Waals surface area contributed by atoms with Gasteiger partial charge in [0.15, 0.2) is 0 Å². The predicted molar refractivity (Wildman–Crippen MR) is 98.5 cm³/mol. The number of hydrogen-bond acceptors (Lipinski definition) is 1. The first-order chi connectivity index (χ1) is 10.7. The van der Waals surface area contributed by atoms with E-state index in [0.717, 1.165) is 44.9 Å². The van der Waals surface area contributed by atoms with Crippen molar-refractivity contribution < 1.29 is 0 Å². The fourth-order valence-corrected chi connectivity index (χ4v) is 2.10. The van der Waals surface area contributed by atoms with Crippen LogP contribution in [0.4, 0.5) is 0 Å². The largest absolute Gasteiger partial charge is 0.198 e. The van der Waals surface area contributed by atoms with Crippen molar-refractivity contribution in [1.82, 2.24) is 0 Å². The first-order valence-electron chi connectivity index (χ1n) is 8.71. The third-order valence-electron chi connectivity index (χ3n) is 3.71. The molecule has 0 rings (SSSR count). The van der Waals surface area contributed by atoms with Gasteiger partial charge in [-0.05, 0) is 57.3 Å². The average molecular weight is 300 g/mol. The average Bonchev–Trinajstić information content (AvgIpc) is 2.54. The van der Waals surface area contributed by atoms with Gasteiger partial charge in [0.1, 0.15) is 0 Å². The summed E-state index contributed by atoms with van der Waals surface area (Å²) >= 11 is 0. The Labute approximate surface area is 138 Å². The van der Waals surface area contributed by atoms with E-state index in [1.807, 2.05) is 6.08 Å². The van der Waals surface area contributed by atoms with Crippen LogP contribution in [0.3, 0.4) is 0 Å². The van der Waals surface area contributed by atoms with Crippen molar-refractivity contribution in [3.63, 3.8) is 0 Å². The number of hydrogen-bond donors (Lipinski definition) is 0. The van der Waals surface area contributed by atoms with Gasteiger partial charge in [0.2, 0.25) is 0 Å². The smallest absolute Gasteiger partial charge is 0.0659 e. The second kappa shape index (κ2) is 15.8. The molecule has 0 bridgehead atoms. The highest BCUT2D eigenvalue weighted by Crippen LogP contribution is 2.12. The molecule has 0 heterocycles.